The monoisotopic (exact) mass is 287 g/mol. The number of anilines is 1. The van der Waals surface area contributed by atoms with E-state index in [2.05, 4.69) is 27.1 Å². The summed E-state index contributed by atoms with van der Waals surface area (Å²) in [6, 6.07) is 5.14. The van der Waals surface area contributed by atoms with Crippen LogP contribution in [0.5, 0.6) is 0 Å². The summed E-state index contributed by atoms with van der Waals surface area (Å²) >= 11 is 1.35. The van der Waals surface area contributed by atoms with Crippen molar-refractivity contribution in [3.63, 3.8) is 0 Å². The molecule has 0 saturated carbocycles. The molecule has 0 aromatic carbocycles. The SMILES string of the molecule is Cc1nc(C)c(C(=O)Nc2cccc(C#CCO)n2)s1. The van der Waals surface area contributed by atoms with E-state index in [0.717, 1.165) is 5.01 Å². The molecule has 6 heteroatoms. The molecule has 2 aromatic heterocycles. The van der Waals surface area contributed by atoms with Crippen LogP contribution in [-0.4, -0.2) is 27.6 Å². The van der Waals surface area contributed by atoms with Crippen LogP contribution in [0.4, 0.5) is 5.82 Å². The predicted molar refractivity (Wildman–Crippen MR) is 77.7 cm³/mol. The van der Waals surface area contributed by atoms with Crippen LogP contribution in [0.1, 0.15) is 26.1 Å². The van der Waals surface area contributed by atoms with Gasteiger partial charge in [-0.3, -0.25) is 4.79 Å². The Kier molecular flexibility index (Phi) is 4.45. The van der Waals surface area contributed by atoms with Crippen LogP contribution < -0.4 is 5.32 Å². The number of hydrogen-bond donors (Lipinski definition) is 2. The molecule has 20 heavy (non-hydrogen) atoms. The van der Waals surface area contributed by atoms with Gasteiger partial charge in [-0.05, 0) is 31.9 Å². The average molecular weight is 287 g/mol. The van der Waals surface area contributed by atoms with Gasteiger partial charge in [0.15, 0.2) is 0 Å². The van der Waals surface area contributed by atoms with E-state index in [1.165, 1.54) is 11.3 Å². The van der Waals surface area contributed by atoms with Gasteiger partial charge in [0, 0.05) is 0 Å². The van der Waals surface area contributed by atoms with Crippen molar-refractivity contribution in [2.24, 2.45) is 0 Å². The van der Waals surface area contributed by atoms with Crippen LogP contribution in [0, 0.1) is 25.7 Å². The summed E-state index contributed by atoms with van der Waals surface area (Å²) < 4.78 is 0. The van der Waals surface area contributed by atoms with Crippen molar-refractivity contribution in [3.8, 4) is 11.8 Å². The summed E-state index contributed by atoms with van der Waals surface area (Å²) in [6.45, 7) is 3.43. The van der Waals surface area contributed by atoms with Gasteiger partial charge in [0.05, 0.1) is 10.7 Å². The number of aliphatic hydroxyl groups is 1. The topological polar surface area (TPSA) is 75.1 Å². The third kappa shape index (κ3) is 3.41. The van der Waals surface area contributed by atoms with E-state index in [1.807, 2.05) is 6.92 Å². The van der Waals surface area contributed by atoms with Gasteiger partial charge in [0.25, 0.3) is 5.91 Å². The standard InChI is InChI=1S/C14H13N3O2S/c1-9-13(20-10(2)15-9)14(19)17-12-7-3-5-11(16-12)6-4-8-18/h3,5,7,18H,8H2,1-2H3,(H,16,17,19). The Hall–Kier alpha value is -2.23. The molecule has 0 bridgehead atoms. The van der Waals surface area contributed by atoms with Gasteiger partial charge in [0.2, 0.25) is 0 Å². The van der Waals surface area contributed by atoms with Crippen molar-refractivity contribution in [1.29, 1.82) is 0 Å². The van der Waals surface area contributed by atoms with Crippen molar-refractivity contribution < 1.29 is 9.90 Å². The van der Waals surface area contributed by atoms with E-state index in [9.17, 15) is 4.79 Å². The van der Waals surface area contributed by atoms with Crippen molar-refractivity contribution in [2.75, 3.05) is 11.9 Å². The van der Waals surface area contributed by atoms with Crippen molar-refractivity contribution in [2.45, 2.75) is 13.8 Å². The molecule has 0 spiro atoms. The number of thiazole rings is 1. The normalized spacial score (nSPS) is 9.75. The second-order valence-corrected chi connectivity index (χ2v) is 5.17. The Balaban J connectivity index is 2.17. The first-order chi connectivity index (χ1) is 9.60. The third-order valence-corrected chi connectivity index (χ3v) is 3.47. The predicted octanol–water partition coefficient (Wildman–Crippen LogP) is 1.75. The number of carbonyl (C=O) groups excluding carboxylic acids is 1. The van der Waals surface area contributed by atoms with E-state index in [0.29, 0.717) is 22.1 Å². The van der Waals surface area contributed by atoms with E-state index in [1.54, 1.807) is 25.1 Å². The maximum absolute atomic E-state index is 12.1. The molecular formula is C14H13N3O2S. The number of aryl methyl sites for hydroxylation is 2. The van der Waals surface area contributed by atoms with Gasteiger partial charge in [-0.25, -0.2) is 9.97 Å². The van der Waals surface area contributed by atoms with Crippen LogP contribution in [0.3, 0.4) is 0 Å². The highest BCUT2D eigenvalue weighted by Gasteiger charge is 2.14. The van der Waals surface area contributed by atoms with E-state index in [-0.39, 0.29) is 12.5 Å². The largest absolute Gasteiger partial charge is 0.384 e. The number of nitrogens with zero attached hydrogens (tertiary/aromatic N) is 2. The smallest absolute Gasteiger partial charge is 0.268 e. The Morgan fingerprint density at radius 2 is 2.20 bits per heavy atom. The zero-order chi connectivity index (χ0) is 14.5. The Morgan fingerprint density at radius 1 is 1.40 bits per heavy atom. The number of nitrogens with one attached hydrogen (secondary N) is 1. The first kappa shape index (κ1) is 14.2. The molecule has 2 aromatic rings. The molecule has 0 atom stereocenters. The van der Waals surface area contributed by atoms with E-state index in [4.69, 9.17) is 5.11 Å². The minimum absolute atomic E-state index is 0.225. The molecule has 5 nitrogen and oxygen atoms in total. The van der Waals surface area contributed by atoms with Gasteiger partial charge in [-0.15, -0.1) is 11.3 Å². The molecule has 0 radical (unpaired) electrons. The number of aliphatic hydroxyl groups excluding tert-OH is 1. The highest BCUT2D eigenvalue weighted by molar-refractivity contribution is 7.13. The fraction of sp³-hybridized carbons (Fsp3) is 0.214. The number of amides is 1. The summed E-state index contributed by atoms with van der Waals surface area (Å²) in [6.07, 6.45) is 0. The summed E-state index contributed by atoms with van der Waals surface area (Å²) in [5, 5.41) is 12.2. The lowest BCUT2D eigenvalue weighted by atomic mass is 10.3. The summed E-state index contributed by atoms with van der Waals surface area (Å²) in [4.78, 5) is 21.1. The zero-order valence-electron chi connectivity index (χ0n) is 11.1. The second kappa shape index (κ2) is 6.28. The number of aromatic nitrogens is 2. The highest BCUT2D eigenvalue weighted by atomic mass is 32.1. The summed E-state index contributed by atoms with van der Waals surface area (Å²) in [7, 11) is 0. The zero-order valence-corrected chi connectivity index (χ0v) is 11.9. The van der Waals surface area contributed by atoms with Gasteiger partial charge in [-0.2, -0.15) is 0 Å². The van der Waals surface area contributed by atoms with E-state index < -0.39 is 0 Å². The molecule has 1 amide bonds. The van der Waals surface area contributed by atoms with Crippen LogP contribution in [0.15, 0.2) is 18.2 Å². The van der Waals surface area contributed by atoms with Gasteiger partial charge < -0.3 is 10.4 Å². The molecule has 0 aliphatic heterocycles. The van der Waals surface area contributed by atoms with Gasteiger partial charge >= 0.3 is 0 Å². The molecule has 0 saturated heterocycles. The maximum Gasteiger partial charge on any atom is 0.268 e. The maximum atomic E-state index is 12.1. The number of pyridine rings is 1. The summed E-state index contributed by atoms with van der Waals surface area (Å²) in [5.74, 6) is 5.40. The summed E-state index contributed by atoms with van der Waals surface area (Å²) in [5.41, 5.74) is 1.20. The van der Waals surface area contributed by atoms with Crippen LogP contribution in [-0.2, 0) is 0 Å². The molecule has 0 aliphatic carbocycles. The second-order valence-electron chi connectivity index (χ2n) is 3.97. The van der Waals surface area contributed by atoms with Crippen LogP contribution >= 0.6 is 11.3 Å². The molecule has 2 heterocycles. The lowest BCUT2D eigenvalue weighted by Crippen LogP contribution is -2.12. The van der Waals surface area contributed by atoms with Crippen molar-refractivity contribution in [3.05, 3.63) is 39.5 Å². The average Bonchev–Trinajstić information content (AvgIpc) is 2.76. The van der Waals surface area contributed by atoms with Crippen LogP contribution in [0.25, 0.3) is 0 Å². The Labute approximate surface area is 120 Å². The fourth-order valence-electron chi connectivity index (χ4n) is 1.62. The van der Waals surface area contributed by atoms with Crippen molar-refractivity contribution >= 4 is 23.1 Å². The fourth-order valence-corrected chi connectivity index (χ4v) is 2.43. The quantitative estimate of drug-likeness (QED) is 0.825. The Bertz CT molecular complexity index is 698. The molecule has 0 aliphatic rings. The molecular weight excluding hydrogens is 274 g/mol. The third-order valence-electron chi connectivity index (χ3n) is 2.40. The Morgan fingerprint density at radius 3 is 2.85 bits per heavy atom. The minimum atomic E-state index is -0.229. The molecule has 0 fully saturated rings. The molecule has 2 rings (SSSR count). The lowest BCUT2D eigenvalue weighted by Gasteiger charge is -2.03. The molecule has 102 valence electrons. The number of hydrogen-bond acceptors (Lipinski definition) is 5. The van der Waals surface area contributed by atoms with Gasteiger partial charge in [-0.1, -0.05) is 12.0 Å². The first-order valence-electron chi connectivity index (χ1n) is 5.92. The highest BCUT2D eigenvalue weighted by Crippen LogP contribution is 2.18. The number of rotatable bonds is 2. The molecule has 2 N–H and O–H groups in total. The van der Waals surface area contributed by atoms with Gasteiger partial charge in [0.1, 0.15) is 23.0 Å². The lowest BCUT2D eigenvalue weighted by molar-refractivity contribution is 0.102. The van der Waals surface area contributed by atoms with Crippen molar-refractivity contribution in [1.82, 2.24) is 9.97 Å². The number of carbonyl (C=O) groups is 1. The van der Waals surface area contributed by atoms with E-state index >= 15 is 0 Å². The minimum Gasteiger partial charge on any atom is -0.384 e. The first-order valence-corrected chi connectivity index (χ1v) is 6.74. The molecule has 0 unspecified atom stereocenters. The van der Waals surface area contributed by atoms with Crippen LogP contribution in [0.2, 0.25) is 0 Å².